The average Bonchev–Trinajstić information content (AvgIpc) is 3.33. The van der Waals surface area contributed by atoms with Crippen LogP contribution in [0.4, 0.5) is 38.1 Å². The summed E-state index contributed by atoms with van der Waals surface area (Å²) in [5.74, 6) is -3.56. The van der Waals surface area contributed by atoms with Gasteiger partial charge in [-0.15, -0.1) is 13.2 Å². The number of hydrogen-bond donors (Lipinski definition) is 3. The highest BCUT2D eigenvalue weighted by molar-refractivity contribution is 6.01. The number of carbonyl (C=O) groups excluding carboxylic acids is 3. The lowest BCUT2D eigenvalue weighted by molar-refractivity contribution is -0.274. The monoisotopic (exact) mass is 554 g/mol. The van der Waals surface area contributed by atoms with Crippen molar-refractivity contribution in [1.82, 2.24) is 10.6 Å². The lowest BCUT2D eigenvalue weighted by atomic mass is 9.85. The molecule has 0 radical (unpaired) electrons. The van der Waals surface area contributed by atoms with Gasteiger partial charge in [-0.2, -0.15) is 0 Å². The van der Waals surface area contributed by atoms with E-state index in [1.54, 1.807) is 11.8 Å². The van der Waals surface area contributed by atoms with Crippen molar-refractivity contribution in [3.63, 3.8) is 0 Å². The van der Waals surface area contributed by atoms with Crippen LogP contribution in [0.3, 0.4) is 0 Å². The number of carbonyl (C=O) groups is 3. The Kier molecular flexibility index (Phi) is 6.72. The summed E-state index contributed by atoms with van der Waals surface area (Å²) < 4.78 is 76.3. The summed E-state index contributed by atoms with van der Waals surface area (Å²) in [5.41, 5.74) is 0.731. The number of urea groups is 1. The Hall–Kier alpha value is -4.10. The van der Waals surface area contributed by atoms with Gasteiger partial charge >= 0.3 is 12.4 Å². The zero-order valence-corrected chi connectivity index (χ0v) is 20.5. The van der Waals surface area contributed by atoms with Crippen LogP contribution in [0.25, 0.3) is 0 Å². The first kappa shape index (κ1) is 26.5. The second-order valence-electron chi connectivity index (χ2n) is 9.49. The number of amides is 4. The molecule has 2 saturated heterocycles. The molecule has 0 saturated carbocycles. The standard InChI is InChI=1S/C25H23F5N4O5/c1-11-18(32-24(37)31-17-8-12(2-4-15(17)26)39-25(28,29)30)10-34(11)19-9-16(27)21(13-6-7-38-22(13)19)14-3-5-20(35)33-23(14)36/h2,4,8-9,11,14,18H,3,5-7,10H2,1H3,(H2,31,32,37)(H,33,35,36)/t11-,14-,18-/m1/s1. The van der Waals surface area contributed by atoms with Crippen LogP contribution < -0.4 is 30.3 Å². The third-order valence-corrected chi connectivity index (χ3v) is 7.05. The van der Waals surface area contributed by atoms with Crippen LogP contribution in [0.15, 0.2) is 24.3 Å². The topological polar surface area (TPSA) is 109 Å². The fourth-order valence-electron chi connectivity index (χ4n) is 5.13. The molecule has 3 atom stereocenters. The molecule has 3 heterocycles. The molecular weight excluding hydrogens is 531 g/mol. The van der Waals surface area contributed by atoms with Gasteiger partial charge in [0.15, 0.2) is 0 Å². The summed E-state index contributed by atoms with van der Waals surface area (Å²) in [7, 11) is 0. The van der Waals surface area contributed by atoms with Gasteiger partial charge in [-0.1, -0.05) is 0 Å². The molecular formula is C25H23F5N4O5. The normalized spacial score (nSPS) is 22.4. The lowest BCUT2D eigenvalue weighted by Gasteiger charge is -2.48. The van der Waals surface area contributed by atoms with Crippen LogP contribution in [0.1, 0.15) is 36.8 Å². The van der Waals surface area contributed by atoms with Gasteiger partial charge in [0.1, 0.15) is 23.1 Å². The molecule has 14 heteroatoms. The molecule has 9 nitrogen and oxygen atoms in total. The van der Waals surface area contributed by atoms with Crippen LogP contribution in [0.2, 0.25) is 0 Å². The molecule has 39 heavy (non-hydrogen) atoms. The van der Waals surface area contributed by atoms with Crippen LogP contribution in [0.5, 0.6) is 11.5 Å². The molecule has 208 valence electrons. The molecule has 3 N–H and O–H groups in total. The molecule has 2 aromatic rings. The van der Waals surface area contributed by atoms with E-state index >= 15 is 4.39 Å². The third-order valence-electron chi connectivity index (χ3n) is 7.05. The van der Waals surface area contributed by atoms with Crippen molar-refractivity contribution in [1.29, 1.82) is 0 Å². The molecule has 3 aliphatic heterocycles. The zero-order valence-electron chi connectivity index (χ0n) is 20.5. The van der Waals surface area contributed by atoms with Crippen molar-refractivity contribution in [2.45, 2.75) is 50.6 Å². The highest BCUT2D eigenvalue weighted by Crippen LogP contribution is 2.46. The summed E-state index contributed by atoms with van der Waals surface area (Å²) in [6.45, 7) is 2.29. The number of halogens is 5. The number of fused-ring (bicyclic) bond motifs is 1. The first-order chi connectivity index (χ1) is 18.4. The van der Waals surface area contributed by atoms with Crippen LogP contribution in [-0.2, 0) is 16.0 Å². The number of alkyl halides is 3. The smallest absolute Gasteiger partial charge is 0.491 e. The van der Waals surface area contributed by atoms with E-state index in [0.717, 1.165) is 12.1 Å². The summed E-state index contributed by atoms with van der Waals surface area (Å²) in [6, 6.07) is 1.84. The van der Waals surface area contributed by atoms with Gasteiger partial charge in [-0.3, -0.25) is 14.9 Å². The van der Waals surface area contributed by atoms with Crippen molar-refractivity contribution in [3.05, 3.63) is 47.0 Å². The van der Waals surface area contributed by atoms with E-state index in [1.807, 2.05) is 0 Å². The fraction of sp³-hybridized carbons (Fsp3) is 0.400. The minimum atomic E-state index is -4.98. The van der Waals surface area contributed by atoms with Gasteiger partial charge in [0.05, 0.1) is 29.9 Å². The van der Waals surface area contributed by atoms with E-state index in [2.05, 4.69) is 20.7 Å². The van der Waals surface area contributed by atoms with E-state index in [0.29, 0.717) is 36.1 Å². The number of rotatable bonds is 5. The molecule has 0 aliphatic carbocycles. The number of imide groups is 1. The Morgan fingerprint density at radius 1 is 1.15 bits per heavy atom. The molecule has 5 rings (SSSR count). The lowest BCUT2D eigenvalue weighted by Crippen LogP contribution is -2.66. The summed E-state index contributed by atoms with van der Waals surface area (Å²) in [4.78, 5) is 38.2. The van der Waals surface area contributed by atoms with Gasteiger partial charge in [0, 0.05) is 48.7 Å². The van der Waals surface area contributed by atoms with Gasteiger partial charge in [-0.25, -0.2) is 13.6 Å². The van der Waals surface area contributed by atoms with E-state index in [9.17, 15) is 31.9 Å². The van der Waals surface area contributed by atoms with E-state index in [4.69, 9.17) is 4.74 Å². The summed E-state index contributed by atoms with van der Waals surface area (Å²) in [5, 5.41) is 7.05. The first-order valence-electron chi connectivity index (χ1n) is 12.1. The SMILES string of the molecule is C[C@@H]1[C@H](NC(=O)Nc2cc(OC(F)(F)F)ccc2F)CN1c1cc(F)c([C@H]2CCC(=O)NC2=O)c2c1OCC2. The zero-order chi connectivity index (χ0) is 28.1. The molecule has 0 aromatic heterocycles. The quantitative estimate of drug-likeness (QED) is 0.384. The number of benzene rings is 2. The Morgan fingerprint density at radius 3 is 2.62 bits per heavy atom. The number of nitrogens with zero attached hydrogens (tertiary/aromatic N) is 1. The Morgan fingerprint density at radius 2 is 1.92 bits per heavy atom. The van der Waals surface area contributed by atoms with Crippen molar-refractivity contribution in [2.75, 3.05) is 23.4 Å². The molecule has 2 aromatic carbocycles. The van der Waals surface area contributed by atoms with E-state index < -0.39 is 59.2 Å². The van der Waals surface area contributed by atoms with Crippen LogP contribution >= 0.6 is 0 Å². The van der Waals surface area contributed by atoms with Gasteiger partial charge in [0.2, 0.25) is 11.8 Å². The second-order valence-corrected chi connectivity index (χ2v) is 9.49. The predicted molar refractivity (Wildman–Crippen MR) is 127 cm³/mol. The Labute approximate surface area is 218 Å². The number of nitrogens with one attached hydrogen (secondary N) is 3. The molecule has 2 fully saturated rings. The summed E-state index contributed by atoms with van der Waals surface area (Å²) >= 11 is 0. The van der Waals surface area contributed by atoms with Crippen molar-refractivity contribution < 1.29 is 45.8 Å². The van der Waals surface area contributed by atoms with Crippen molar-refractivity contribution in [2.24, 2.45) is 0 Å². The third kappa shape index (κ3) is 5.27. The van der Waals surface area contributed by atoms with Gasteiger partial charge in [0.25, 0.3) is 0 Å². The van der Waals surface area contributed by atoms with E-state index in [1.165, 1.54) is 6.07 Å². The molecule has 0 unspecified atom stereocenters. The maximum absolute atomic E-state index is 15.4. The number of anilines is 2. The molecule has 0 spiro atoms. The maximum Gasteiger partial charge on any atom is 0.573 e. The number of hydrogen-bond acceptors (Lipinski definition) is 6. The van der Waals surface area contributed by atoms with Crippen molar-refractivity contribution in [3.8, 4) is 11.5 Å². The predicted octanol–water partition coefficient (Wildman–Crippen LogP) is 3.72. The minimum absolute atomic E-state index is 0.106. The van der Waals surface area contributed by atoms with Crippen LogP contribution in [0, 0.1) is 11.6 Å². The Balaban J connectivity index is 1.27. The molecule has 4 amide bonds. The highest BCUT2D eigenvalue weighted by atomic mass is 19.4. The van der Waals surface area contributed by atoms with Crippen LogP contribution in [-0.4, -0.2) is 49.4 Å². The fourth-order valence-corrected chi connectivity index (χ4v) is 5.13. The second kappa shape index (κ2) is 9.89. The number of piperidine rings is 1. The van der Waals surface area contributed by atoms with Crippen molar-refractivity contribution >= 4 is 29.2 Å². The average molecular weight is 554 g/mol. The first-order valence-corrected chi connectivity index (χ1v) is 12.1. The summed E-state index contributed by atoms with van der Waals surface area (Å²) in [6.07, 6.45) is -4.29. The molecule has 3 aliphatic rings. The van der Waals surface area contributed by atoms with E-state index in [-0.39, 0.29) is 31.0 Å². The highest BCUT2D eigenvalue weighted by Gasteiger charge is 2.42. The van der Waals surface area contributed by atoms with Gasteiger partial charge in [-0.05, 0) is 25.5 Å². The van der Waals surface area contributed by atoms with Gasteiger partial charge < -0.3 is 25.0 Å². The Bertz CT molecular complexity index is 1350. The molecule has 0 bridgehead atoms. The largest absolute Gasteiger partial charge is 0.573 e. The number of ether oxygens (including phenoxy) is 2. The minimum Gasteiger partial charge on any atom is -0.491 e. The maximum atomic E-state index is 15.4.